The number of alkyl halides is 2. The van der Waals surface area contributed by atoms with Crippen LogP contribution in [0.25, 0.3) is 10.8 Å². The van der Waals surface area contributed by atoms with Gasteiger partial charge < -0.3 is 15.3 Å². The molecule has 12 heteroatoms. The fraction of sp³-hybridized carbons (Fsp3) is 0.281. The molecule has 0 radical (unpaired) electrons. The Labute approximate surface area is 260 Å². The molecule has 0 spiro atoms. The molecule has 0 aromatic heterocycles. The fourth-order valence-corrected chi connectivity index (χ4v) is 8.70. The third kappa shape index (κ3) is 3.40. The molecule has 1 saturated carbocycles. The number of phenols is 2. The number of aromatic hydroxyl groups is 2. The number of hydrogen-bond acceptors (Lipinski definition) is 7. The van der Waals surface area contributed by atoms with Crippen molar-refractivity contribution >= 4 is 69.3 Å². The number of carbonyl (C=O) groups excluding carboxylic acids is 4. The normalized spacial score (nSPS) is 31.2. The van der Waals surface area contributed by atoms with Crippen LogP contribution in [0.15, 0.2) is 66.2 Å². The number of imide groups is 2. The van der Waals surface area contributed by atoms with Gasteiger partial charge in [0.05, 0.1) is 17.5 Å². The summed E-state index contributed by atoms with van der Waals surface area (Å²) in [4.78, 5) is 64.4. The van der Waals surface area contributed by atoms with E-state index in [4.69, 9.17) is 23.2 Å². The number of allylic oxidation sites excluding steroid dienone is 2. The standard InChI is InChI=1S/C32H24Cl2N2O8/c1-35-29(43)31(33)13-21-17(24(32(31,34)30(35)44)20-8-6-14-4-2-3-5-16(14)25(20)38)10-11-19-23(21)27(40)36(26(19)39)15-7-9-18(28(41)42)22(37)12-15/h2-10,12,19,21,23-24,37-38H,11,13H2,1H3,(H,41,42). The van der Waals surface area contributed by atoms with Crippen LogP contribution in [-0.4, -0.2) is 66.6 Å². The fourth-order valence-electron chi connectivity index (χ4n) is 7.69. The first-order valence-electron chi connectivity index (χ1n) is 13.9. The van der Waals surface area contributed by atoms with Crippen LogP contribution < -0.4 is 4.90 Å². The molecule has 2 heterocycles. The van der Waals surface area contributed by atoms with Crippen LogP contribution in [0.2, 0.25) is 0 Å². The second-order valence-corrected chi connectivity index (χ2v) is 13.0. The molecule has 10 nitrogen and oxygen atoms in total. The van der Waals surface area contributed by atoms with Crippen molar-refractivity contribution in [3.63, 3.8) is 0 Å². The van der Waals surface area contributed by atoms with Crippen LogP contribution >= 0.6 is 23.2 Å². The molecule has 6 atom stereocenters. The number of hydrogen-bond donors (Lipinski definition) is 3. The SMILES string of the molecule is CN1C(=O)C2(Cl)CC3C(=CCC4C(=O)N(c5ccc(C(=O)O)c(O)c5)C(=O)C43)C(c3ccc4ccccc4c3O)C2(Cl)C1=O. The number of anilines is 1. The molecule has 0 bridgehead atoms. The highest BCUT2D eigenvalue weighted by atomic mass is 35.5. The van der Waals surface area contributed by atoms with E-state index in [1.807, 2.05) is 12.1 Å². The number of benzene rings is 3. The monoisotopic (exact) mass is 634 g/mol. The van der Waals surface area contributed by atoms with Crippen LogP contribution in [0.3, 0.4) is 0 Å². The molecule has 3 fully saturated rings. The van der Waals surface area contributed by atoms with Gasteiger partial charge in [-0.25, -0.2) is 9.69 Å². The average molecular weight is 635 g/mol. The van der Waals surface area contributed by atoms with Gasteiger partial charge in [-0.15, -0.1) is 23.2 Å². The lowest BCUT2D eigenvalue weighted by Gasteiger charge is -2.50. The van der Waals surface area contributed by atoms with Gasteiger partial charge in [-0.3, -0.25) is 24.1 Å². The maximum atomic E-state index is 14.1. The summed E-state index contributed by atoms with van der Waals surface area (Å²) in [5.41, 5.74) is 0.386. The van der Waals surface area contributed by atoms with E-state index in [2.05, 4.69) is 0 Å². The first kappa shape index (κ1) is 28.4. The van der Waals surface area contributed by atoms with Crippen LogP contribution in [0.4, 0.5) is 5.69 Å². The summed E-state index contributed by atoms with van der Waals surface area (Å²) in [6.07, 6.45) is 1.63. The van der Waals surface area contributed by atoms with E-state index in [0.29, 0.717) is 11.0 Å². The number of nitrogens with zero attached hydrogens (tertiary/aromatic N) is 2. The number of carbonyl (C=O) groups is 5. The topological polar surface area (TPSA) is 153 Å². The summed E-state index contributed by atoms with van der Waals surface area (Å²) >= 11 is 14.4. The quantitative estimate of drug-likeness (QED) is 0.221. The first-order valence-corrected chi connectivity index (χ1v) is 14.6. The van der Waals surface area contributed by atoms with Crippen LogP contribution in [-0.2, 0) is 19.2 Å². The predicted octanol–water partition coefficient (Wildman–Crippen LogP) is 4.14. The molecule has 7 rings (SSSR count). The Kier molecular flexibility index (Phi) is 5.99. The molecular weight excluding hydrogens is 611 g/mol. The number of likely N-dealkylation sites (tertiary alicyclic amines) is 1. The van der Waals surface area contributed by atoms with Gasteiger partial charge in [0.25, 0.3) is 11.8 Å². The van der Waals surface area contributed by atoms with E-state index < -0.39 is 74.3 Å². The van der Waals surface area contributed by atoms with Crippen LogP contribution in [0, 0.1) is 17.8 Å². The van der Waals surface area contributed by atoms with Gasteiger partial charge in [-0.1, -0.05) is 48.0 Å². The molecule has 6 unspecified atom stereocenters. The zero-order valence-corrected chi connectivity index (χ0v) is 24.5. The third-order valence-electron chi connectivity index (χ3n) is 9.73. The van der Waals surface area contributed by atoms with Gasteiger partial charge >= 0.3 is 5.97 Å². The number of rotatable bonds is 3. The van der Waals surface area contributed by atoms with Crippen LogP contribution in [0.1, 0.15) is 34.7 Å². The number of carboxylic acid groups (broad SMARTS) is 1. The summed E-state index contributed by atoms with van der Waals surface area (Å²) in [5.74, 6) is -8.57. The molecule has 2 aliphatic carbocycles. The Morgan fingerprint density at radius 2 is 1.66 bits per heavy atom. The van der Waals surface area contributed by atoms with Crippen molar-refractivity contribution in [2.75, 3.05) is 11.9 Å². The summed E-state index contributed by atoms with van der Waals surface area (Å²) in [7, 11) is 1.29. The number of aromatic carboxylic acids is 1. The second-order valence-electron chi connectivity index (χ2n) is 11.7. The molecule has 224 valence electrons. The van der Waals surface area contributed by atoms with Crippen molar-refractivity contribution in [1.29, 1.82) is 0 Å². The largest absolute Gasteiger partial charge is 0.507 e. The van der Waals surface area contributed by atoms with Gasteiger partial charge in [0.2, 0.25) is 11.8 Å². The Bertz CT molecular complexity index is 1910. The van der Waals surface area contributed by atoms with Crippen molar-refractivity contribution in [2.45, 2.75) is 28.5 Å². The molecule has 3 aromatic carbocycles. The summed E-state index contributed by atoms with van der Waals surface area (Å²) in [6, 6.07) is 13.9. The lowest BCUT2D eigenvalue weighted by molar-refractivity contribution is -0.138. The van der Waals surface area contributed by atoms with Gasteiger partial charge in [-0.2, -0.15) is 0 Å². The van der Waals surface area contributed by atoms with Crippen molar-refractivity contribution in [3.05, 3.63) is 77.4 Å². The molecule has 3 aromatic rings. The molecule has 2 saturated heterocycles. The summed E-state index contributed by atoms with van der Waals surface area (Å²) in [5, 5.41) is 32.3. The highest BCUT2D eigenvalue weighted by Crippen LogP contribution is 2.66. The lowest BCUT2D eigenvalue weighted by atomic mass is 9.56. The van der Waals surface area contributed by atoms with E-state index in [-0.39, 0.29) is 29.8 Å². The maximum Gasteiger partial charge on any atom is 0.339 e. The molecular formula is C32H24Cl2N2O8. The van der Waals surface area contributed by atoms with Crippen molar-refractivity contribution in [1.82, 2.24) is 4.90 Å². The Morgan fingerprint density at radius 3 is 2.36 bits per heavy atom. The molecule has 4 aliphatic rings. The first-order chi connectivity index (χ1) is 20.8. The summed E-state index contributed by atoms with van der Waals surface area (Å²) < 4.78 is 0. The highest BCUT2D eigenvalue weighted by Gasteiger charge is 2.76. The van der Waals surface area contributed by atoms with E-state index in [1.54, 1.807) is 30.3 Å². The van der Waals surface area contributed by atoms with Gasteiger partial charge in [0.1, 0.15) is 17.1 Å². The molecule has 2 aliphatic heterocycles. The Hall–Kier alpha value is -4.41. The minimum absolute atomic E-state index is 0.00267. The Balaban J connectivity index is 1.39. The maximum absolute atomic E-state index is 14.1. The van der Waals surface area contributed by atoms with Gasteiger partial charge in [0.15, 0.2) is 9.75 Å². The number of fused-ring (bicyclic) bond motifs is 5. The summed E-state index contributed by atoms with van der Waals surface area (Å²) in [6.45, 7) is 0. The zero-order chi connectivity index (χ0) is 31.5. The smallest absolute Gasteiger partial charge is 0.339 e. The molecule has 3 N–H and O–H groups in total. The van der Waals surface area contributed by atoms with E-state index in [1.165, 1.54) is 13.1 Å². The minimum Gasteiger partial charge on any atom is -0.507 e. The van der Waals surface area contributed by atoms with Crippen molar-refractivity contribution < 1.29 is 39.3 Å². The zero-order valence-electron chi connectivity index (χ0n) is 23.0. The number of halogens is 2. The highest BCUT2D eigenvalue weighted by molar-refractivity contribution is 6.53. The number of amides is 4. The molecule has 4 amide bonds. The number of carboxylic acids is 1. The van der Waals surface area contributed by atoms with Gasteiger partial charge in [0, 0.05) is 30.0 Å². The second kappa shape index (κ2) is 9.30. The van der Waals surface area contributed by atoms with Crippen LogP contribution in [0.5, 0.6) is 11.5 Å². The Morgan fingerprint density at radius 1 is 0.932 bits per heavy atom. The average Bonchev–Trinajstić information content (AvgIpc) is 3.32. The molecule has 44 heavy (non-hydrogen) atoms. The van der Waals surface area contributed by atoms with Gasteiger partial charge in [-0.05, 0) is 36.3 Å². The van der Waals surface area contributed by atoms with Crippen molar-refractivity contribution in [3.8, 4) is 11.5 Å². The van der Waals surface area contributed by atoms with E-state index >= 15 is 0 Å². The number of phenolic OH excluding ortho intramolecular Hbond substituents is 1. The van der Waals surface area contributed by atoms with E-state index in [9.17, 15) is 39.3 Å². The lowest BCUT2D eigenvalue weighted by Crippen LogP contribution is -2.60. The van der Waals surface area contributed by atoms with E-state index in [0.717, 1.165) is 27.3 Å². The minimum atomic E-state index is -2.04. The van der Waals surface area contributed by atoms with Crippen molar-refractivity contribution in [2.24, 2.45) is 17.8 Å². The predicted molar refractivity (Wildman–Crippen MR) is 159 cm³/mol. The third-order valence-corrected chi connectivity index (χ3v) is 11.1.